The van der Waals surface area contributed by atoms with Crippen molar-refractivity contribution in [3.63, 3.8) is 0 Å². The van der Waals surface area contributed by atoms with Crippen molar-refractivity contribution in [1.29, 1.82) is 0 Å². The first-order valence-electron chi connectivity index (χ1n) is 12.6. The molecule has 0 amide bonds. The third-order valence-corrected chi connectivity index (χ3v) is 8.74. The number of rotatable bonds is 8. The lowest BCUT2D eigenvalue weighted by molar-refractivity contribution is -0.0908. The normalized spacial score (nSPS) is 31.9. The zero-order chi connectivity index (χ0) is 31.6. The molecule has 9 atom stereocenters. The van der Waals surface area contributed by atoms with E-state index in [1.54, 1.807) is 0 Å². The molecular formula is C22H24FN10O9PS. The van der Waals surface area contributed by atoms with E-state index in [0.717, 1.165) is 10.9 Å². The van der Waals surface area contributed by atoms with Crippen LogP contribution < -0.4 is 17.0 Å². The minimum absolute atomic E-state index is 0.0602. The first-order chi connectivity index (χ1) is 20.9. The van der Waals surface area contributed by atoms with Crippen LogP contribution in [0.3, 0.4) is 0 Å². The molecule has 4 aromatic heterocycles. The second kappa shape index (κ2) is 11.0. The number of aromatic amines is 1. The van der Waals surface area contributed by atoms with Crippen molar-refractivity contribution in [2.75, 3.05) is 24.7 Å². The highest BCUT2D eigenvalue weighted by Crippen LogP contribution is 2.52. The number of H-pyrrole nitrogens is 1. The number of terminal acetylenes is 1. The van der Waals surface area contributed by atoms with Gasteiger partial charge >= 0.3 is 6.72 Å². The van der Waals surface area contributed by atoms with Gasteiger partial charge in [-0.1, -0.05) is 5.92 Å². The monoisotopic (exact) mass is 654 g/mol. The number of nitrogens with one attached hydrogen (secondary N) is 1. The van der Waals surface area contributed by atoms with Crippen molar-refractivity contribution in [3.8, 4) is 12.3 Å². The van der Waals surface area contributed by atoms with Gasteiger partial charge in [0.15, 0.2) is 46.9 Å². The average Bonchev–Trinajstić information content (AvgIpc) is 3.73. The SMILES string of the molecule is C#CC1(COP(O)(=S)O[C@@H]2[C@@H](F)[C@@H](CO)O[C@H]2n2cnc3c(=O)[nH]c(N)nc32)O[C@@H](n2cnc3c(N)ncnc32)[C@H](O)[C@@H]1O. The van der Waals surface area contributed by atoms with Crippen molar-refractivity contribution in [2.45, 2.75) is 48.6 Å². The fourth-order valence-corrected chi connectivity index (χ4v) is 6.41. The van der Waals surface area contributed by atoms with E-state index in [4.69, 9.17) is 48.2 Å². The number of alkyl halides is 1. The van der Waals surface area contributed by atoms with Crippen LogP contribution in [0.5, 0.6) is 0 Å². The Kier molecular flexibility index (Phi) is 7.61. The summed E-state index contributed by atoms with van der Waals surface area (Å²) in [5, 5.41) is 31.4. The maximum Gasteiger partial charge on any atom is 0.325 e. The number of aliphatic hydroxyl groups excluding tert-OH is 3. The Morgan fingerprint density at radius 1 is 1.18 bits per heavy atom. The molecule has 2 unspecified atom stereocenters. The van der Waals surface area contributed by atoms with Gasteiger partial charge in [-0.15, -0.1) is 6.42 Å². The molecule has 234 valence electrons. The molecule has 6 rings (SSSR count). The Hall–Kier alpha value is -3.68. The van der Waals surface area contributed by atoms with E-state index in [-0.39, 0.29) is 34.1 Å². The highest BCUT2D eigenvalue weighted by atomic mass is 32.5. The maximum absolute atomic E-state index is 15.4. The lowest BCUT2D eigenvalue weighted by atomic mass is 9.97. The fraction of sp³-hybridized carbons (Fsp3) is 0.455. The summed E-state index contributed by atoms with van der Waals surface area (Å²) >= 11 is 5.12. The van der Waals surface area contributed by atoms with Crippen LogP contribution in [0, 0.1) is 12.3 Å². The largest absolute Gasteiger partial charge is 0.394 e. The van der Waals surface area contributed by atoms with Gasteiger partial charge in [-0.3, -0.25) is 23.4 Å². The van der Waals surface area contributed by atoms with Gasteiger partial charge in [0.1, 0.15) is 36.3 Å². The number of nitrogens with zero attached hydrogens (tertiary/aromatic N) is 7. The van der Waals surface area contributed by atoms with Crippen molar-refractivity contribution in [2.24, 2.45) is 0 Å². The van der Waals surface area contributed by atoms with Crippen molar-refractivity contribution < 1.29 is 43.1 Å². The first-order valence-corrected chi connectivity index (χ1v) is 15.2. The van der Waals surface area contributed by atoms with Gasteiger partial charge in [0.25, 0.3) is 5.56 Å². The van der Waals surface area contributed by atoms with E-state index in [9.17, 15) is 25.0 Å². The predicted octanol–water partition coefficient (Wildman–Crippen LogP) is -2.41. The minimum atomic E-state index is -4.45. The Morgan fingerprint density at radius 2 is 1.89 bits per heavy atom. The van der Waals surface area contributed by atoms with Crippen LogP contribution in [0.4, 0.5) is 16.2 Å². The van der Waals surface area contributed by atoms with Crippen LogP contribution in [0.2, 0.25) is 0 Å². The summed E-state index contributed by atoms with van der Waals surface area (Å²) in [5.74, 6) is 2.02. The van der Waals surface area contributed by atoms with E-state index in [0.29, 0.717) is 0 Å². The second-order valence-electron chi connectivity index (χ2n) is 9.84. The highest BCUT2D eigenvalue weighted by molar-refractivity contribution is 8.07. The molecule has 2 aliphatic rings. The Balaban J connectivity index is 1.24. The number of imidazole rings is 2. The molecule has 44 heavy (non-hydrogen) atoms. The molecule has 2 fully saturated rings. The molecule has 19 nitrogen and oxygen atoms in total. The van der Waals surface area contributed by atoms with E-state index in [1.807, 2.05) is 0 Å². The maximum atomic E-state index is 15.4. The van der Waals surface area contributed by atoms with Crippen LogP contribution in [0.15, 0.2) is 23.8 Å². The van der Waals surface area contributed by atoms with Gasteiger partial charge in [-0.25, -0.2) is 24.3 Å². The van der Waals surface area contributed by atoms with Crippen LogP contribution in [-0.2, 0) is 30.3 Å². The van der Waals surface area contributed by atoms with E-state index < -0.39 is 74.1 Å². The number of hydrogen-bond acceptors (Lipinski definition) is 16. The van der Waals surface area contributed by atoms with E-state index >= 15 is 4.39 Å². The van der Waals surface area contributed by atoms with Crippen molar-refractivity contribution in [3.05, 3.63) is 29.3 Å². The minimum Gasteiger partial charge on any atom is -0.394 e. The second-order valence-corrected chi connectivity index (χ2v) is 12.6. The van der Waals surface area contributed by atoms with Gasteiger partial charge in [-0.05, 0) is 11.8 Å². The molecule has 9 N–H and O–H groups in total. The molecule has 0 spiro atoms. The van der Waals surface area contributed by atoms with Crippen LogP contribution in [0.25, 0.3) is 22.3 Å². The van der Waals surface area contributed by atoms with Gasteiger partial charge in [-0.2, -0.15) is 4.98 Å². The van der Waals surface area contributed by atoms with Gasteiger partial charge < -0.3 is 45.7 Å². The molecule has 0 aromatic carbocycles. The summed E-state index contributed by atoms with van der Waals surface area (Å²) in [6, 6.07) is 0. The number of ether oxygens (including phenoxy) is 2. The van der Waals surface area contributed by atoms with Gasteiger partial charge in [0, 0.05) is 0 Å². The fourth-order valence-electron chi connectivity index (χ4n) is 5.01. The molecule has 6 heterocycles. The molecule has 0 aliphatic carbocycles. The third kappa shape index (κ3) is 4.90. The summed E-state index contributed by atoms with van der Waals surface area (Å²) < 4.78 is 40.2. The van der Waals surface area contributed by atoms with Gasteiger partial charge in [0.2, 0.25) is 5.95 Å². The number of hydrogen-bond donors (Lipinski definition) is 7. The highest BCUT2D eigenvalue weighted by Gasteiger charge is 2.56. The quantitative estimate of drug-likeness (QED) is 0.0770. The zero-order valence-electron chi connectivity index (χ0n) is 22.1. The van der Waals surface area contributed by atoms with Crippen LogP contribution in [-0.4, -0.2) is 109 Å². The zero-order valence-corrected chi connectivity index (χ0v) is 23.8. The number of halogens is 1. The van der Waals surface area contributed by atoms with E-state index in [2.05, 4.69) is 35.8 Å². The topological polar surface area (TPSA) is 277 Å². The number of nitrogens with two attached hydrogens (primary N) is 2. The molecule has 0 saturated carbocycles. The summed E-state index contributed by atoms with van der Waals surface area (Å²) in [6.07, 6.45) is -2.24. The third-order valence-electron chi connectivity index (χ3n) is 7.20. The Bertz CT molecular complexity index is 1880. The average molecular weight is 655 g/mol. The number of nitrogen functional groups attached to an aromatic ring is 2. The summed E-state index contributed by atoms with van der Waals surface area (Å²) in [7, 11) is 0. The van der Waals surface area contributed by atoms with Crippen LogP contribution >= 0.6 is 6.72 Å². The molecule has 4 aromatic rings. The molecule has 2 aliphatic heterocycles. The van der Waals surface area contributed by atoms with Gasteiger partial charge in [0.05, 0.1) is 25.9 Å². The molecule has 0 bridgehead atoms. The number of anilines is 2. The number of fused-ring (bicyclic) bond motifs is 2. The summed E-state index contributed by atoms with van der Waals surface area (Å²) in [4.78, 5) is 45.4. The molecular weight excluding hydrogens is 630 g/mol. The number of aromatic nitrogens is 8. The Labute approximate surface area is 249 Å². The molecule has 0 radical (unpaired) electrons. The lowest BCUT2D eigenvalue weighted by Crippen LogP contribution is -2.45. The van der Waals surface area contributed by atoms with E-state index in [1.165, 1.54) is 17.2 Å². The summed E-state index contributed by atoms with van der Waals surface area (Å²) in [6.45, 7) is -6.06. The smallest absolute Gasteiger partial charge is 0.325 e. The van der Waals surface area contributed by atoms with Crippen molar-refractivity contribution in [1.82, 2.24) is 39.0 Å². The molecule has 2 saturated heterocycles. The summed E-state index contributed by atoms with van der Waals surface area (Å²) in [5.41, 5.74) is 8.81. The molecule has 22 heteroatoms. The predicted molar refractivity (Wildman–Crippen MR) is 149 cm³/mol. The van der Waals surface area contributed by atoms with Crippen molar-refractivity contribution >= 4 is 52.6 Å². The Morgan fingerprint density at radius 3 is 2.59 bits per heavy atom. The van der Waals surface area contributed by atoms with Crippen LogP contribution in [0.1, 0.15) is 12.5 Å². The lowest BCUT2D eigenvalue weighted by Gasteiger charge is -2.30. The first kappa shape index (κ1) is 30.4. The standard InChI is InChI=1S/C22H24FN10O9PS/c1-2-22(14(36)12(35)19(41-22)32-6-28-10-15(24)26-5-27-16(10)32)4-39-43(38,44)42-13-9(23)8(3-34)40-20(13)33-7-29-11-17(33)30-21(25)31-18(11)37/h1,5-9,12-14,19-20,34-36H,3-4H2,(H,38,44)(H2,24,26,27)(H3,25,30,31,37)/t8-,9+,12-,13-,14+,19-,20-,22?,43?/m1/s1. The number of aliphatic hydroxyl groups is 3.